The molecule has 1 aliphatic carbocycles. The molecule has 3 heteroatoms. The lowest BCUT2D eigenvalue weighted by molar-refractivity contribution is 0.561. The van der Waals surface area contributed by atoms with Gasteiger partial charge < -0.3 is 0 Å². The third kappa shape index (κ3) is 2.81. The van der Waals surface area contributed by atoms with Gasteiger partial charge in [0.1, 0.15) is 0 Å². The first-order valence-electron chi connectivity index (χ1n) is 5.45. The number of rotatable bonds is 2. The molecule has 3 unspecified atom stereocenters. The van der Waals surface area contributed by atoms with Crippen molar-refractivity contribution in [1.82, 2.24) is 0 Å². The van der Waals surface area contributed by atoms with Gasteiger partial charge in [0.05, 0.1) is 17.2 Å². The van der Waals surface area contributed by atoms with Gasteiger partial charge in [-0.25, -0.2) is 0 Å². The van der Waals surface area contributed by atoms with E-state index in [0.29, 0.717) is 0 Å². The second kappa shape index (κ2) is 5.50. The first kappa shape index (κ1) is 11.7. The highest BCUT2D eigenvalue weighted by atomic mass is 32.2. The monoisotopic (exact) mass is 213 g/mol. The first-order valence-corrected chi connectivity index (χ1v) is 6.73. The van der Waals surface area contributed by atoms with Crippen LogP contribution in [-0.2, 0) is 10.8 Å². The number of nitriles is 1. The number of hydrogen-bond donors (Lipinski definition) is 0. The molecule has 0 amide bonds. The summed E-state index contributed by atoms with van der Waals surface area (Å²) >= 11 is 0. The van der Waals surface area contributed by atoms with E-state index in [9.17, 15) is 4.21 Å². The largest absolute Gasteiger partial charge is 0.259 e. The molecule has 0 heterocycles. The van der Waals surface area contributed by atoms with Crippen molar-refractivity contribution in [2.45, 2.75) is 56.5 Å². The highest BCUT2D eigenvalue weighted by molar-refractivity contribution is 7.86. The Balaban J connectivity index is 2.71. The molecule has 0 bridgehead atoms. The van der Waals surface area contributed by atoms with Crippen LogP contribution in [0.4, 0.5) is 0 Å². The molecule has 0 radical (unpaired) electrons. The molecule has 0 aromatic rings. The minimum Gasteiger partial charge on any atom is -0.259 e. The Morgan fingerprint density at radius 2 is 1.93 bits per heavy atom. The van der Waals surface area contributed by atoms with Gasteiger partial charge in [0.15, 0.2) is 0 Å². The van der Waals surface area contributed by atoms with Crippen LogP contribution in [0.5, 0.6) is 0 Å². The van der Waals surface area contributed by atoms with Crippen LogP contribution in [0.2, 0.25) is 0 Å². The molecule has 80 valence electrons. The molecule has 2 nitrogen and oxygen atoms in total. The van der Waals surface area contributed by atoms with E-state index in [1.807, 2.05) is 13.8 Å². The van der Waals surface area contributed by atoms with Crippen molar-refractivity contribution in [2.24, 2.45) is 5.92 Å². The summed E-state index contributed by atoms with van der Waals surface area (Å²) in [7, 11) is -0.822. The van der Waals surface area contributed by atoms with E-state index < -0.39 is 10.8 Å². The number of hydrogen-bond acceptors (Lipinski definition) is 2. The van der Waals surface area contributed by atoms with Gasteiger partial charge in [0.25, 0.3) is 0 Å². The summed E-state index contributed by atoms with van der Waals surface area (Å²) in [6.45, 7) is 3.96. The van der Waals surface area contributed by atoms with Crippen molar-refractivity contribution in [1.29, 1.82) is 5.26 Å². The van der Waals surface area contributed by atoms with E-state index in [-0.39, 0.29) is 16.4 Å². The van der Waals surface area contributed by atoms with Crippen LogP contribution in [0.15, 0.2) is 0 Å². The topological polar surface area (TPSA) is 40.9 Å². The van der Waals surface area contributed by atoms with Crippen LogP contribution in [0, 0.1) is 17.2 Å². The fraction of sp³-hybridized carbons (Fsp3) is 0.909. The zero-order chi connectivity index (χ0) is 10.6. The summed E-state index contributed by atoms with van der Waals surface area (Å²) in [5.74, 6) is 0.0285. The Morgan fingerprint density at radius 1 is 1.29 bits per heavy atom. The molecule has 1 saturated carbocycles. The molecule has 0 N–H and O–H groups in total. The Morgan fingerprint density at radius 3 is 2.50 bits per heavy atom. The Labute approximate surface area is 89.1 Å². The summed E-state index contributed by atoms with van der Waals surface area (Å²) < 4.78 is 12.0. The second-order valence-corrected chi connectivity index (χ2v) is 6.49. The maximum Gasteiger partial charge on any atom is 0.0668 e. The Bertz CT molecular complexity index is 244. The van der Waals surface area contributed by atoms with Crippen LogP contribution < -0.4 is 0 Å². The lowest BCUT2D eigenvalue weighted by atomic mass is 10.0. The van der Waals surface area contributed by atoms with Crippen molar-refractivity contribution in [3.63, 3.8) is 0 Å². The fourth-order valence-corrected chi connectivity index (χ4v) is 3.67. The fourth-order valence-electron chi connectivity index (χ4n) is 2.05. The van der Waals surface area contributed by atoms with E-state index in [2.05, 4.69) is 6.07 Å². The Hall–Kier alpha value is -0.360. The van der Waals surface area contributed by atoms with Crippen molar-refractivity contribution in [2.75, 3.05) is 0 Å². The molecular formula is C11H19NOS. The van der Waals surface area contributed by atoms with Crippen LogP contribution >= 0.6 is 0 Å². The first-order chi connectivity index (χ1) is 6.66. The molecule has 1 aliphatic rings. The smallest absolute Gasteiger partial charge is 0.0668 e. The summed E-state index contributed by atoms with van der Waals surface area (Å²) in [5.41, 5.74) is 0. The standard InChI is InChI=1S/C11H19NOS/c1-9(2)14(13)11-7-5-3-4-6-10(11)8-12/h9-11H,3-7H2,1-2H3. The quantitative estimate of drug-likeness (QED) is 0.662. The van der Waals surface area contributed by atoms with Crippen molar-refractivity contribution < 1.29 is 4.21 Å². The Kier molecular flexibility index (Phi) is 4.60. The molecule has 0 aliphatic heterocycles. The van der Waals surface area contributed by atoms with Crippen molar-refractivity contribution >= 4 is 10.8 Å². The SMILES string of the molecule is CC(C)S(=O)C1CCCCCC1C#N. The van der Waals surface area contributed by atoms with Gasteiger partial charge >= 0.3 is 0 Å². The summed E-state index contributed by atoms with van der Waals surface area (Å²) in [6, 6.07) is 2.34. The van der Waals surface area contributed by atoms with Crippen molar-refractivity contribution in [3.05, 3.63) is 0 Å². The van der Waals surface area contributed by atoms with Gasteiger partial charge in [-0.15, -0.1) is 0 Å². The predicted octanol–water partition coefficient (Wildman–Crippen LogP) is 2.62. The van der Waals surface area contributed by atoms with Crippen molar-refractivity contribution in [3.8, 4) is 6.07 Å². The lowest BCUT2D eigenvalue weighted by Crippen LogP contribution is -2.28. The summed E-state index contributed by atoms with van der Waals surface area (Å²) in [6.07, 6.45) is 5.39. The van der Waals surface area contributed by atoms with Crippen LogP contribution in [0.25, 0.3) is 0 Å². The van der Waals surface area contributed by atoms with E-state index in [0.717, 1.165) is 25.7 Å². The third-order valence-electron chi connectivity index (χ3n) is 2.88. The zero-order valence-corrected chi connectivity index (χ0v) is 9.85. The summed E-state index contributed by atoms with van der Waals surface area (Å²) in [5, 5.41) is 9.35. The molecule has 3 atom stereocenters. The maximum atomic E-state index is 12.0. The molecule has 1 rings (SSSR count). The van der Waals surface area contributed by atoms with E-state index in [4.69, 9.17) is 5.26 Å². The van der Waals surface area contributed by atoms with E-state index in [1.54, 1.807) is 0 Å². The highest BCUT2D eigenvalue weighted by Gasteiger charge is 2.29. The highest BCUT2D eigenvalue weighted by Crippen LogP contribution is 2.28. The van der Waals surface area contributed by atoms with E-state index in [1.165, 1.54) is 6.42 Å². The van der Waals surface area contributed by atoms with Gasteiger partial charge in [-0.1, -0.05) is 33.1 Å². The second-order valence-electron chi connectivity index (χ2n) is 4.29. The van der Waals surface area contributed by atoms with Gasteiger partial charge in [0, 0.05) is 16.0 Å². The van der Waals surface area contributed by atoms with Gasteiger partial charge in [0.2, 0.25) is 0 Å². The summed E-state index contributed by atoms with van der Waals surface area (Å²) in [4.78, 5) is 0. The van der Waals surface area contributed by atoms with Crippen LogP contribution in [0.1, 0.15) is 46.0 Å². The minimum atomic E-state index is -0.822. The molecule has 0 spiro atoms. The molecule has 0 aromatic heterocycles. The van der Waals surface area contributed by atoms with E-state index >= 15 is 0 Å². The lowest BCUT2D eigenvalue weighted by Gasteiger charge is -2.20. The molecule has 0 saturated heterocycles. The minimum absolute atomic E-state index is 0.0285. The zero-order valence-electron chi connectivity index (χ0n) is 9.03. The van der Waals surface area contributed by atoms with Gasteiger partial charge in [-0.3, -0.25) is 4.21 Å². The number of nitrogens with zero attached hydrogens (tertiary/aromatic N) is 1. The molecule has 1 fully saturated rings. The van der Waals surface area contributed by atoms with Gasteiger partial charge in [-0.2, -0.15) is 5.26 Å². The van der Waals surface area contributed by atoms with Crippen LogP contribution in [0.3, 0.4) is 0 Å². The average Bonchev–Trinajstić information content (AvgIpc) is 2.40. The predicted molar refractivity (Wildman–Crippen MR) is 59.3 cm³/mol. The average molecular weight is 213 g/mol. The molecule has 0 aromatic carbocycles. The van der Waals surface area contributed by atoms with Gasteiger partial charge in [-0.05, 0) is 12.8 Å². The van der Waals surface area contributed by atoms with Crippen LogP contribution in [-0.4, -0.2) is 14.7 Å². The third-order valence-corrected chi connectivity index (χ3v) is 4.97. The maximum absolute atomic E-state index is 12.0. The normalized spacial score (nSPS) is 30.7. The molecule has 14 heavy (non-hydrogen) atoms. The molecular weight excluding hydrogens is 194 g/mol.